The van der Waals surface area contributed by atoms with Gasteiger partial charge in [0, 0.05) is 11.8 Å². The Morgan fingerprint density at radius 1 is 1.25 bits per heavy atom. The minimum Gasteiger partial charge on any atom is -0.346 e. The first-order valence-corrected chi connectivity index (χ1v) is 6.64. The maximum atomic E-state index is 13.2. The Morgan fingerprint density at radius 3 is 2.65 bits per heavy atom. The lowest BCUT2D eigenvalue weighted by Gasteiger charge is -2.14. The normalized spacial score (nSPS) is 12.0. The van der Waals surface area contributed by atoms with E-state index in [0.29, 0.717) is 15.7 Å². The SMILES string of the molecule is CC(NC(=O)c1ccnc(Br)c1)c1ccc(F)c(F)c1. The zero-order valence-corrected chi connectivity index (χ0v) is 12.1. The predicted octanol–water partition coefficient (Wildman–Crippen LogP) is 3.61. The highest BCUT2D eigenvalue weighted by Crippen LogP contribution is 2.17. The highest BCUT2D eigenvalue weighted by molar-refractivity contribution is 9.10. The van der Waals surface area contributed by atoms with Crippen molar-refractivity contribution in [3.8, 4) is 0 Å². The average Bonchev–Trinajstić information content (AvgIpc) is 2.41. The molecule has 0 saturated carbocycles. The molecule has 1 aromatic carbocycles. The van der Waals surface area contributed by atoms with Crippen molar-refractivity contribution in [1.82, 2.24) is 10.3 Å². The minimum absolute atomic E-state index is 0.315. The van der Waals surface area contributed by atoms with Crippen molar-refractivity contribution in [3.05, 3.63) is 63.9 Å². The van der Waals surface area contributed by atoms with Crippen LogP contribution in [0.15, 0.2) is 41.1 Å². The van der Waals surface area contributed by atoms with E-state index < -0.39 is 17.7 Å². The molecule has 1 unspecified atom stereocenters. The maximum absolute atomic E-state index is 13.2. The summed E-state index contributed by atoms with van der Waals surface area (Å²) in [6, 6.07) is 6.25. The highest BCUT2D eigenvalue weighted by atomic mass is 79.9. The van der Waals surface area contributed by atoms with Crippen LogP contribution in [0.25, 0.3) is 0 Å². The van der Waals surface area contributed by atoms with E-state index in [1.165, 1.54) is 12.3 Å². The first kappa shape index (κ1) is 14.6. The van der Waals surface area contributed by atoms with E-state index in [-0.39, 0.29) is 5.91 Å². The van der Waals surface area contributed by atoms with Crippen molar-refractivity contribution >= 4 is 21.8 Å². The van der Waals surface area contributed by atoms with Crippen LogP contribution in [0.2, 0.25) is 0 Å². The van der Waals surface area contributed by atoms with E-state index in [9.17, 15) is 13.6 Å². The topological polar surface area (TPSA) is 42.0 Å². The number of pyridine rings is 1. The fourth-order valence-electron chi connectivity index (χ4n) is 1.69. The number of carbonyl (C=O) groups is 1. The summed E-state index contributed by atoms with van der Waals surface area (Å²) < 4.78 is 26.6. The van der Waals surface area contributed by atoms with Crippen LogP contribution in [-0.2, 0) is 0 Å². The van der Waals surface area contributed by atoms with E-state index >= 15 is 0 Å². The van der Waals surface area contributed by atoms with E-state index in [4.69, 9.17) is 0 Å². The van der Waals surface area contributed by atoms with Gasteiger partial charge in [-0.25, -0.2) is 13.8 Å². The van der Waals surface area contributed by atoms with Gasteiger partial charge in [0.15, 0.2) is 11.6 Å². The van der Waals surface area contributed by atoms with Gasteiger partial charge in [0.1, 0.15) is 4.60 Å². The van der Waals surface area contributed by atoms with Gasteiger partial charge in [-0.05, 0) is 52.7 Å². The van der Waals surface area contributed by atoms with Crippen LogP contribution in [0.4, 0.5) is 8.78 Å². The molecule has 0 aliphatic rings. The molecule has 2 rings (SSSR count). The Balaban J connectivity index is 2.13. The molecule has 0 saturated heterocycles. The molecule has 3 nitrogen and oxygen atoms in total. The van der Waals surface area contributed by atoms with E-state index in [0.717, 1.165) is 12.1 Å². The number of amides is 1. The average molecular weight is 341 g/mol. The molecule has 0 fully saturated rings. The first-order chi connectivity index (χ1) is 9.47. The third-order valence-corrected chi connectivity index (χ3v) is 3.21. The molecule has 104 valence electrons. The lowest BCUT2D eigenvalue weighted by molar-refractivity contribution is 0.0939. The Bertz CT molecular complexity index is 649. The van der Waals surface area contributed by atoms with Crippen molar-refractivity contribution in [2.45, 2.75) is 13.0 Å². The monoisotopic (exact) mass is 340 g/mol. The van der Waals surface area contributed by atoms with E-state index in [1.807, 2.05) is 0 Å². The van der Waals surface area contributed by atoms with Gasteiger partial charge in [-0.3, -0.25) is 4.79 Å². The molecule has 1 aromatic heterocycles. The zero-order chi connectivity index (χ0) is 14.7. The summed E-state index contributed by atoms with van der Waals surface area (Å²) in [6.45, 7) is 1.70. The molecule has 0 spiro atoms. The van der Waals surface area contributed by atoms with Crippen LogP contribution < -0.4 is 5.32 Å². The van der Waals surface area contributed by atoms with Crippen LogP contribution in [0.5, 0.6) is 0 Å². The van der Waals surface area contributed by atoms with Gasteiger partial charge in [-0.15, -0.1) is 0 Å². The number of nitrogens with zero attached hydrogens (tertiary/aromatic N) is 1. The van der Waals surface area contributed by atoms with Crippen molar-refractivity contribution in [3.63, 3.8) is 0 Å². The summed E-state index contributed by atoms with van der Waals surface area (Å²) in [7, 11) is 0. The van der Waals surface area contributed by atoms with E-state index in [2.05, 4.69) is 26.2 Å². The number of benzene rings is 1. The molecule has 1 amide bonds. The van der Waals surface area contributed by atoms with Gasteiger partial charge < -0.3 is 5.32 Å². The smallest absolute Gasteiger partial charge is 0.251 e. The molecule has 20 heavy (non-hydrogen) atoms. The minimum atomic E-state index is -0.935. The molecule has 0 radical (unpaired) electrons. The van der Waals surface area contributed by atoms with Gasteiger partial charge in [0.25, 0.3) is 5.91 Å². The van der Waals surface area contributed by atoms with Crippen LogP contribution in [0.3, 0.4) is 0 Å². The van der Waals surface area contributed by atoms with Crippen molar-refractivity contribution < 1.29 is 13.6 Å². The number of hydrogen-bond acceptors (Lipinski definition) is 2. The fourth-order valence-corrected chi connectivity index (χ4v) is 2.05. The third kappa shape index (κ3) is 3.39. The largest absolute Gasteiger partial charge is 0.346 e. The highest BCUT2D eigenvalue weighted by Gasteiger charge is 2.13. The quantitative estimate of drug-likeness (QED) is 0.867. The number of carbonyl (C=O) groups excluding carboxylic acids is 1. The summed E-state index contributed by atoms with van der Waals surface area (Å²) >= 11 is 3.18. The van der Waals surface area contributed by atoms with Crippen molar-refractivity contribution in [2.75, 3.05) is 0 Å². The number of halogens is 3. The molecule has 1 heterocycles. The fraction of sp³-hybridized carbons (Fsp3) is 0.143. The second-order valence-electron chi connectivity index (χ2n) is 4.24. The molecule has 0 aliphatic heterocycles. The second-order valence-corrected chi connectivity index (χ2v) is 5.05. The van der Waals surface area contributed by atoms with Crippen LogP contribution in [-0.4, -0.2) is 10.9 Å². The van der Waals surface area contributed by atoms with Gasteiger partial charge in [0.05, 0.1) is 6.04 Å². The first-order valence-electron chi connectivity index (χ1n) is 5.84. The predicted molar refractivity (Wildman–Crippen MR) is 74.2 cm³/mol. The zero-order valence-electron chi connectivity index (χ0n) is 10.5. The summed E-state index contributed by atoms with van der Waals surface area (Å²) in [6.07, 6.45) is 1.50. The van der Waals surface area contributed by atoms with Gasteiger partial charge in [-0.1, -0.05) is 6.07 Å². The van der Waals surface area contributed by atoms with Crippen molar-refractivity contribution in [2.24, 2.45) is 0 Å². The Hall–Kier alpha value is -1.82. The van der Waals surface area contributed by atoms with Crippen LogP contribution in [0.1, 0.15) is 28.9 Å². The molecular weight excluding hydrogens is 330 g/mol. The van der Waals surface area contributed by atoms with Crippen LogP contribution >= 0.6 is 15.9 Å². The molecule has 2 aromatic rings. The van der Waals surface area contributed by atoms with Gasteiger partial charge >= 0.3 is 0 Å². The van der Waals surface area contributed by atoms with Gasteiger partial charge in [-0.2, -0.15) is 0 Å². The van der Waals surface area contributed by atoms with Crippen molar-refractivity contribution in [1.29, 1.82) is 0 Å². The summed E-state index contributed by atoms with van der Waals surface area (Å²) in [5, 5.41) is 2.71. The molecule has 0 bridgehead atoms. The second kappa shape index (κ2) is 6.09. The Kier molecular flexibility index (Phi) is 4.44. The van der Waals surface area contributed by atoms with Gasteiger partial charge in [0.2, 0.25) is 0 Å². The number of hydrogen-bond donors (Lipinski definition) is 1. The number of aromatic nitrogens is 1. The summed E-state index contributed by atoms with van der Waals surface area (Å²) in [5.41, 5.74) is 0.923. The molecule has 1 atom stereocenters. The van der Waals surface area contributed by atoms with E-state index in [1.54, 1.807) is 19.1 Å². The molecule has 6 heteroatoms. The molecule has 0 aliphatic carbocycles. The lowest BCUT2D eigenvalue weighted by atomic mass is 10.1. The summed E-state index contributed by atoms with van der Waals surface area (Å²) in [5.74, 6) is -2.16. The lowest BCUT2D eigenvalue weighted by Crippen LogP contribution is -2.26. The molecule has 1 N–H and O–H groups in total. The molecular formula is C14H11BrF2N2O. The number of rotatable bonds is 3. The standard InChI is InChI=1S/C14H11BrF2N2O/c1-8(9-2-3-11(16)12(17)6-9)19-14(20)10-4-5-18-13(15)7-10/h2-8H,1H3,(H,19,20). The number of nitrogens with one attached hydrogen (secondary N) is 1. The van der Waals surface area contributed by atoms with Crippen LogP contribution in [0, 0.1) is 11.6 Å². The Morgan fingerprint density at radius 2 is 2.00 bits per heavy atom. The summed E-state index contributed by atoms with van der Waals surface area (Å²) in [4.78, 5) is 15.9. The third-order valence-electron chi connectivity index (χ3n) is 2.78. The maximum Gasteiger partial charge on any atom is 0.251 e. The Labute approximate surface area is 123 Å².